The summed E-state index contributed by atoms with van der Waals surface area (Å²) in [5.74, 6) is 5.89. The molecule has 0 unspecified atom stereocenters. The summed E-state index contributed by atoms with van der Waals surface area (Å²) >= 11 is 0. The third kappa shape index (κ3) is 6.09. The molecule has 120 valence electrons. The van der Waals surface area contributed by atoms with Gasteiger partial charge in [0.1, 0.15) is 5.60 Å². The van der Waals surface area contributed by atoms with Gasteiger partial charge in [-0.1, -0.05) is 38.7 Å². The molecule has 0 heterocycles. The number of hydrogen-bond acceptors (Lipinski definition) is 3. The molecule has 0 aliphatic carbocycles. The molecule has 4 heteroatoms. The van der Waals surface area contributed by atoms with Gasteiger partial charge in [-0.25, -0.2) is 4.79 Å². The zero-order valence-electron chi connectivity index (χ0n) is 14.3. The molecule has 1 amide bonds. The van der Waals surface area contributed by atoms with Gasteiger partial charge in [0.15, 0.2) is 0 Å². The summed E-state index contributed by atoms with van der Waals surface area (Å²) in [6, 6.07) is 5.88. The van der Waals surface area contributed by atoms with Crippen LogP contribution in [0.3, 0.4) is 0 Å². The summed E-state index contributed by atoms with van der Waals surface area (Å²) in [5.41, 5.74) is 8.06. The van der Waals surface area contributed by atoms with Crippen molar-refractivity contribution >= 4 is 11.8 Å². The summed E-state index contributed by atoms with van der Waals surface area (Å²) in [6.07, 6.45) is -0.474. The Morgan fingerprint density at radius 2 is 1.86 bits per heavy atom. The second-order valence-electron chi connectivity index (χ2n) is 7.21. The van der Waals surface area contributed by atoms with Crippen LogP contribution in [-0.2, 0) is 10.2 Å². The lowest BCUT2D eigenvalue weighted by Gasteiger charge is -2.19. The van der Waals surface area contributed by atoms with Crippen molar-refractivity contribution in [3.05, 3.63) is 29.3 Å². The molecule has 1 aromatic rings. The van der Waals surface area contributed by atoms with Crippen LogP contribution in [0.1, 0.15) is 52.7 Å². The van der Waals surface area contributed by atoms with Crippen LogP contribution >= 0.6 is 0 Å². The van der Waals surface area contributed by atoms with Crippen molar-refractivity contribution in [3.8, 4) is 11.8 Å². The van der Waals surface area contributed by atoms with Crippen molar-refractivity contribution in [2.75, 3.05) is 12.3 Å². The lowest BCUT2D eigenvalue weighted by Crippen LogP contribution is -2.32. The molecule has 0 saturated carbocycles. The number of nitrogen functional groups attached to an aromatic ring is 1. The Bertz CT molecular complexity index is 596. The number of hydrogen-bond donors (Lipinski definition) is 2. The number of ether oxygens (including phenoxy) is 1. The Morgan fingerprint density at radius 1 is 1.23 bits per heavy atom. The Kier molecular flexibility index (Phi) is 5.48. The van der Waals surface area contributed by atoms with Crippen LogP contribution in [0, 0.1) is 11.8 Å². The number of nitrogens with two attached hydrogens (primary N) is 1. The fraction of sp³-hybridized carbons (Fsp3) is 0.500. The Hall–Kier alpha value is -2.15. The zero-order chi connectivity index (χ0) is 17.0. The molecule has 3 N–H and O–H groups in total. The smallest absolute Gasteiger partial charge is 0.408 e. The molecule has 0 atom stereocenters. The molecular weight excluding hydrogens is 276 g/mol. The first-order chi connectivity index (χ1) is 9.99. The fourth-order valence-electron chi connectivity index (χ4n) is 1.70. The van der Waals surface area contributed by atoms with Gasteiger partial charge in [0.05, 0.1) is 6.54 Å². The molecule has 0 aliphatic heterocycles. The first kappa shape index (κ1) is 17.9. The van der Waals surface area contributed by atoms with Gasteiger partial charge >= 0.3 is 6.09 Å². The largest absolute Gasteiger partial charge is 0.444 e. The first-order valence-electron chi connectivity index (χ1n) is 7.35. The Morgan fingerprint density at radius 3 is 2.41 bits per heavy atom. The average molecular weight is 302 g/mol. The van der Waals surface area contributed by atoms with E-state index in [9.17, 15) is 4.79 Å². The minimum absolute atomic E-state index is 0.0406. The number of anilines is 1. The zero-order valence-corrected chi connectivity index (χ0v) is 14.3. The highest BCUT2D eigenvalue weighted by Gasteiger charge is 2.15. The maximum absolute atomic E-state index is 11.5. The van der Waals surface area contributed by atoms with E-state index in [1.54, 1.807) is 0 Å². The minimum Gasteiger partial charge on any atom is -0.444 e. The summed E-state index contributed by atoms with van der Waals surface area (Å²) < 4.78 is 5.14. The molecule has 0 radical (unpaired) electrons. The van der Waals surface area contributed by atoms with Gasteiger partial charge in [-0.05, 0) is 43.9 Å². The van der Waals surface area contributed by atoms with Gasteiger partial charge < -0.3 is 15.8 Å². The molecule has 0 aliphatic rings. The van der Waals surface area contributed by atoms with E-state index >= 15 is 0 Å². The number of rotatable bonds is 1. The third-order valence-corrected chi connectivity index (χ3v) is 2.86. The van der Waals surface area contributed by atoms with Crippen molar-refractivity contribution < 1.29 is 9.53 Å². The Balaban J connectivity index is 2.71. The summed E-state index contributed by atoms with van der Waals surface area (Å²) in [6.45, 7) is 12.1. The van der Waals surface area contributed by atoms with Crippen molar-refractivity contribution in [1.29, 1.82) is 0 Å². The van der Waals surface area contributed by atoms with E-state index in [-0.39, 0.29) is 12.0 Å². The van der Waals surface area contributed by atoms with Crippen molar-refractivity contribution in [2.45, 2.75) is 52.6 Å². The predicted molar refractivity (Wildman–Crippen MR) is 90.7 cm³/mol. The highest BCUT2D eigenvalue weighted by atomic mass is 16.6. The lowest BCUT2D eigenvalue weighted by atomic mass is 9.86. The molecule has 0 fully saturated rings. The molecular formula is C18H26N2O2. The molecule has 4 nitrogen and oxygen atoms in total. The maximum atomic E-state index is 11.5. The number of benzene rings is 1. The quantitative estimate of drug-likeness (QED) is 0.617. The van der Waals surface area contributed by atoms with Crippen molar-refractivity contribution in [2.24, 2.45) is 0 Å². The van der Waals surface area contributed by atoms with Crippen LogP contribution in [0.25, 0.3) is 0 Å². The second kappa shape index (κ2) is 6.74. The van der Waals surface area contributed by atoms with Crippen LogP contribution in [0.2, 0.25) is 0 Å². The van der Waals surface area contributed by atoms with E-state index in [2.05, 4.69) is 37.9 Å². The van der Waals surface area contributed by atoms with E-state index in [0.29, 0.717) is 5.69 Å². The SMILES string of the molecule is CC(C)(C)OC(=O)NCC#Cc1cc(C(C)(C)C)ccc1N. The van der Waals surface area contributed by atoms with Crippen LogP contribution in [0.15, 0.2) is 18.2 Å². The van der Waals surface area contributed by atoms with E-state index in [1.807, 2.05) is 39.0 Å². The van der Waals surface area contributed by atoms with Gasteiger partial charge in [-0.3, -0.25) is 0 Å². The molecule has 1 aromatic carbocycles. The fourth-order valence-corrected chi connectivity index (χ4v) is 1.70. The van der Waals surface area contributed by atoms with Crippen molar-refractivity contribution in [3.63, 3.8) is 0 Å². The molecule has 0 bridgehead atoms. The highest BCUT2D eigenvalue weighted by Crippen LogP contribution is 2.25. The number of amides is 1. The lowest BCUT2D eigenvalue weighted by molar-refractivity contribution is 0.0535. The van der Waals surface area contributed by atoms with E-state index < -0.39 is 11.7 Å². The van der Waals surface area contributed by atoms with Gasteiger partial charge in [0, 0.05) is 11.3 Å². The van der Waals surface area contributed by atoms with Crippen LogP contribution in [0.5, 0.6) is 0 Å². The van der Waals surface area contributed by atoms with Gasteiger partial charge in [-0.15, -0.1) is 0 Å². The van der Waals surface area contributed by atoms with Crippen LogP contribution < -0.4 is 11.1 Å². The molecule has 1 rings (SSSR count). The summed E-state index contributed by atoms with van der Waals surface area (Å²) in [4.78, 5) is 11.5. The number of alkyl carbamates (subject to hydrolysis) is 1. The minimum atomic E-state index is -0.511. The standard InChI is InChI=1S/C18H26N2O2/c1-17(2,3)14-9-10-15(19)13(12-14)8-7-11-20-16(21)22-18(4,5)6/h9-10,12H,11,19H2,1-6H3,(H,20,21). The summed E-state index contributed by atoms with van der Waals surface area (Å²) in [7, 11) is 0. The van der Waals surface area contributed by atoms with Crippen LogP contribution in [-0.4, -0.2) is 18.2 Å². The van der Waals surface area contributed by atoms with Gasteiger partial charge in [0.2, 0.25) is 0 Å². The maximum Gasteiger partial charge on any atom is 0.408 e. The predicted octanol–water partition coefficient (Wildman–Crippen LogP) is 3.44. The number of carbonyl (C=O) groups excluding carboxylic acids is 1. The molecule has 0 saturated heterocycles. The molecule has 22 heavy (non-hydrogen) atoms. The van der Waals surface area contributed by atoms with Crippen LogP contribution in [0.4, 0.5) is 10.5 Å². The van der Waals surface area contributed by atoms with E-state index in [0.717, 1.165) is 5.56 Å². The van der Waals surface area contributed by atoms with Crippen molar-refractivity contribution in [1.82, 2.24) is 5.32 Å². The van der Waals surface area contributed by atoms with E-state index in [1.165, 1.54) is 5.56 Å². The molecule has 0 aromatic heterocycles. The highest BCUT2D eigenvalue weighted by molar-refractivity contribution is 5.68. The third-order valence-electron chi connectivity index (χ3n) is 2.86. The average Bonchev–Trinajstić information content (AvgIpc) is 2.33. The number of nitrogens with one attached hydrogen (secondary N) is 1. The first-order valence-corrected chi connectivity index (χ1v) is 7.35. The van der Waals surface area contributed by atoms with Gasteiger partial charge in [0.25, 0.3) is 0 Å². The normalized spacial score (nSPS) is 11.4. The number of carbonyl (C=O) groups is 1. The molecule has 0 spiro atoms. The Labute approximate surface area is 133 Å². The second-order valence-corrected chi connectivity index (χ2v) is 7.21. The van der Waals surface area contributed by atoms with Gasteiger partial charge in [-0.2, -0.15) is 0 Å². The topological polar surface area (TPSA) is 64.3 Å². The van der Waals surface area contributed by atoms with E-state index in [4.69, 9.17) is 10.5 Å². The summed E-state index contributed by atoms with van der Waals surface area (Å²) in [5, 5.41) is 2.60. The monoisotopic (exact) mass is 302 g/mol.